The number of aliphatic hydroxyl groups excluding tert-OH is 1. The molecule has 2 bridgehead atoms. The van der Waals surface area contributed by atoms with Crippen LogP contribution in [0.25, 0.3) is 38.5 Å². The van der Waals surface area contributed by atoms with Crippen LogP contribution < -0.4 is 11.3 Å². The van der Waals surface area contributed by atoms with Gasteiger partial charge >= 0.3 is 15.6 Å². The molecule has 10 atom stereocenters. The first-order valence-electron chi connectivity index (χ1n) is 14.1. The number of fused-ring (bicyclic) bond motifs is 7. The van der Waals surface area contributed by atoms with Gasteiger partial charge in [-0.2, -0.15) is 0 Å². The zero-order valence-corrected chi connectivity index (χ0v) is 26.1. The number of nitrogens with two attached hydrogens (primary N) is 1. The molecule has 0 spiro atoms. The summed E-state index contributed by atoms with van der Waals surface area (Å²) in [5.74, 6) is 0.160. The molecule has 0 saturated carbocycles. The van der Waals surface area contributed by atoms with Crippen molar-refractivity contribution in [3.8, 4) is 0 Å². The maximum Gasteiger partial charge on any atom is 0.472 e. The standard InChI is InChI=1S/C22H23N13O12P2/c23-16-11-17(27-5-26-16)34(6-28-11)20-10(31-32-24)14-9(45-20)4-43-49(40,41)47-15-13(36)8(3-42-48(38,39)46-14)44-21(15)35-7-29-12-18(37)30-22-25-1-2-33(22)19(12)35/h1-2,5-10,13-15,20-21,36H,3-4H2,(H,38,39)(H,40,41)(H2,23,26,27)(H,25,30,37)/t8-,9-,10-,13-,14-,15-,20-,21-/m1/s1. The van der Waals surface area contributed by atoms with Crippen molar-refractivity contribution in [1.82, 2.24) is 43.4 Å². The Hall–Kier alpha value is -4.35. The van der Waals surface area contributed by atoms with Gasteiger partial charge in [0.15, 0.2) is 28.9 Å². The highest BCUT2D eigenvalue weighted by molar-refractivity contribution is 7.47. The van der Waals surface area contributed by atoms with E-state index in [0.29, 0.717) is 0 Å². The number of ether oxygens (including phenoxy) is 2. The highest BCUT2D eigenvalue weighted by atomic mass is 31.2. The molecule has 5 aromatic heterocycles. The van der Waals surface area contributed by atoms with Crippen molar-refractivity contribution in [2.45, 2.75) is 49.0 Å². The van der Waals surface area contributed by atoms with Crippen molar-refractivity contribution in [2.75, 3.05) is 18.9 Å². The molecule has 8 heterocycles. The van der Waals surface area contributed by atoms with E-state index in [9.17, 15) is 34.3 Å². The topological polar surface area (TPSA) is 337 Å². The van der Waals surface area contributed by atoms with E-state index in [2.05, 4.69) is 39.9 Å². The van der Waals surface area contributed by atoms with Crippen LogP contribution in [-0.2, 0) is 36.7 Å². The molecular weight excluding hydrogens is 700 g/mol. The van der Waals surface area contributed by atoms with E-state index in [1.54, 1.807) is 0 Å². The number of imidazole rings is 3. The number of hydrogen-bond donors (Lipinski definition) is 5. The second-order valence-corrected chi connectivity index (χ2v) is 13.8. The summed E-state index contributed by atoms with van der Waals surface area (Å²) in [4.78, 5) is 60.0. The Labute approximate surface area is 270 Å². The largest absolute Gasteiger partial charge is 0.472 e. The average molecular weight is 723 g/mol. The molecule has 3 aliphatic heterocycles. The number of rotatable bonds is 3. The summed E-state index contributed by atoms with van der Waals surface area (Å²) in [5, 5.41) is 14.9. The molecule has 3 aliphatic rings. The minimum Gasteiger partial charge on any atom is -0.387 e. The lowest BCUT2D eigenvalue weighted by Crippen LogP contribution is -2.35. The number of aliphatic hydroxyl groups is 1. The molecule has 258 valence electrons. The number of phosphoric acid groups is 2. The Kier molecular flexibility index (Phi) is 7.56. The molecule has 0 amide bonds. The lowest BCUT2D eigenvalue weighted by atomic mass is 10.1. The summed E-state index contributed by atoms with van der Waals surface area (Å²) < 4.78 is 64.1. The molecule has 0 aromatic carbocycles. The molecule has 0 aliphatic carbocycles. The van der Waals surface area contributed by atoms with Gasteiger partial charge in [0.05, 0.1) is 25.9 Å². The molecule has 3 fully saturated rings. The van der Waals surface area contributed by atoms with E-state index in [1.807, 2.05) is 0 Å². The predicted molar refractivity (Wildman–Crippen MR) is 157 cm³/mol. The van der Waals surface area contributed by atoms with Gasteiger partial charge in [0.2, 0.25) is 5.78 Å². The van der Waals surface area contributed by atoms with E-state index >= 15 is 0 Å². The van der Waals surface area contributed by atoms with Gasteiger partial charge in [-0.3, -0.25) is 41.4 Å². The van der Waals surface area contributed by atoms with E-state index in [0.717, 1.165) is 6.33 Å². The molecule has 27 heteroatoms. The number of nitrogens with one attached hydrogen (secondary N) is 1. The molecule has 3 saturated heterocycles. The van der Waals surface area contributed by atoms with Crippen LogP contribution in [-0.4, -0.2) is 108 Å². The number of aromatic nitrogens is 9. The first kappa shape index (κ1) is 31.9. The maximum absolute atomic E-state index is 13.4. The van der Waals surface area contributed by atoms with Gasteiger partial charge in [0.25, 0.3) is 5.56 Å². The van der Waals surface area contributed by atoms with Crippen molar-refractivity contribution in [2.24, 2.45) is 5.11 Å². The summed E-state index contributed by atoms with van der Waals surface area (Å²) in [6, 6.07) is -1.43. The minimum atomic E-state index is -5.15. The first-order valence-corrected chi connectivity index (χ1v) is 17.1. The number of H-pyrrole nitrogens is 1. The summed E-state index contributed by atoms with van der Waals surface area (Å²) in [5.41, 5.74) is 15.0. The van der Waals surface area contributed by atoms with Gasteiger partial charge in [0, 0.05) is 17.3 Å². The highest BCUT2D eigenvalue weighted by Gasteiger charge is 2.54. The van der Waals surface area contributed by atoms with E-state index in [1.165, 1.54) is 38.6 Å². The molecule has 5 aromatic rings. The summed E-state index contributed by atoms with van der Waals surface area (Å²) in [7, 11) is -10.3. The number of azide groups is 1. The van der Waals surface area contributed by atoms with Crippen molar-refractivity contribution >= 4 is 49.6 Å². The number of phosphoric ester groups is 2. The highest BCUT2D eigenvalue weighted by Crippen LogP contribution is 2.54. The second kappa shape index (κ2) is 11.6. The third-order valence-electron chi connectivity index (χ3n) is 8.13. The normalized spacial score (nSPS) is 35.5. The van der Waals surface area contributed by atoms with Gasteiger partial charge in [-0.15, -0.1) is 0 Å². The minimum absolute atomic E-state index is 0.0260. The van der Waals surface area contributed by atoms with Gasteiger partial charge in [-0.1, -0.05) is 5.11 Å². The van der Waals surface area contributed by atoms with Crippen LogP contribution >= 0.6 is 15.6 Å². The Bertz CT molecular complexity index is 2300. The first-order chi connectivity index (χ1) is 23.4. The van der Waals surface area contributed by atoms with E-state index in [4.69, 9.17) is 33.3 Å². The molecule has 8 rings (SSSR count). The summed E-state index contributed by atoms with van der Waals surface area (Å²) in [6.45, 7) is -1.65. The van der Waals surface area contributed by atoms with Crippen LogP contribution in [0.2, 0.25) is 0 Å². The van der Waals surface area contributed by atoms with Crippen LogP contribution in [0.3, 0.4) is 0 Å². The Morgan fingerprint density at radius 3 is 2.43 bits per heavy atom. The maximum atomic E-state index is 13.4. The molecule has 49 heavy (non-hydrogen) atoms. The number of hydrogen-bond acceptors (Lipinski definition) is 17. The fourth-order valence-corrected chi connectivity index (χ4v) is 7.91. The van der Waals surface area contributed by atoms with Crippen LogP contribution in [0.1, 0.15) is 12.5 Å². The quantitative estimate of drug-likeness (QED) is 0.0687. The second-order valence-electron chi connectivity index (χ2n) is 11.0. The van der Waals surface area contributed by atoms with E-state index < -0.39 is 83.4 Å². The molecule has 0 radical (unpaired) electrons. The number of nitrogens with zero attached hydrogens (tertiary/aromatic N) is 11. The van der Waals surface area contributed by atoms with Gasteiger partial charge in [-0.25, -0.2) is 34.0 Å². The van der Waals surface area contributed by atoms with Crippen LogP contribution in [0.5, 0.6) is 0 Å². The van der Waals surface area contributed by atoms with Gasteiger partial charge in [0.1, 0.15) is 54.6 Å². The number of aromatic amines is 1. The van der Waals surface area contributed by atoms with Crippen LogP contribution in [0.4, 0.5) is 5.82 Å². The monoisotopic (exact) mass is 723 g/mol. The van der Waals surface area contributed by atoms with Crippen LogP contribution in [0, 0.1) is 0 Å². The average Bonchev–Trinajstić information content (AvgIpc) is 3.87. The fourth-order valence-electron chi connectivity index (χ4n) is 6.02. The third kappa shape index (κ3) is 5.38. The zero-order valence-electron chi connectivity index (χ0n) is 24.3. The Balaban J connectivity index is 1.15. The lowest BCUT2D eigenvalue weighted by Gasteiger charge is -2.26. The molecule has 2 unspecified atom stereocenters. The summed E-state index contributed by atoms with van der Waals surface area (Å²) >= 11 is 0. The Morgan fingerprint density at radius 2 is 1.65 bits per heavy atom. The molecule has 6 N–H and O–H groups in total. The SMILES string of the molecule is [N-]=[N+]=N[C@@H]1[C@@H]2OP(=O)(O)OC[C@H]3O[C@@H](n4cnc5c(=O)[nH]c6nccn6c54)[C@H](OP(=O)(O)OC[C@H]2O[C@H]1n1cnc2c(N)ncnc21)[C@@H]3O. The molecule has 25 nitrogen and oxygen atoms in total. The predicted octanol–water partition coefficient (Wildman–Crippen LogP) is -0.353. The molecular formula is C22H23N13O12P2. The number of nitrogen functional groups attached to an aromatic ring is 1. The van der Waals surface area contributed by atoms with Crippen molar-refractivity contribution in [3.63, 3.8) is 0 Å². The lowest BCUT2D eigenvalue weighted by molar-refractivity contribution is -0.0670. The van der Waals surface area contributed by atoms with Crippen molar-refractivity contribution < 1.29 is 51.6 Å². The smallest absolute Gasteiger partial charge is 0.387 e. The number of anilines is 1. The van der Waals surface area contributed by atoms with Crippen LogP contribution in [0.15, 0.2) is 41.3 Å². The van der Waals surface area contributed by atoms with E-state index in [-0.39, 0.29) is 33.9 Å². The summed E-state index contributed by atoms with van der Waals surface area (Å²) in [6.07, 6.45) is -4.36. The fraction of sp³-hybridized carbons (Fsp3) is 0.455. The van der Waals surface area contributed by atoms with Gasteiger partial charge < -0.3 is 30.1 Å². The van der Waals surface area contributed by atoms with Crippen molar-refractivity contribution in [3.05, 3.63) is 52.2 Å². The van der Waals surface area contributed by atoms with Gasteiger partial charge in [-0.05, 0) is 5.53 Å². The van der Waals surface area contributed by atoms with Crippen molar-refractivity contribution in [1.29, 1.82) is 0 Å². The zero-order chi connectivity index (χ0) is 34.2. The Morgan fingerprint density at radius 1 is 0.959 bits per heavy atom. The third-order valence-corrected chi connectivity index (χ3v) is 10.1.